The van der Waals surface area contributed by atoms with E-state index in [1.54, 1.807) is 60.5 Å². The summed E-state index contributed by atoms with van der Waals surface area (Å²) in [6.07, 6.45) is 1.59. The molecule has 0 bridgehead atoms. The summed E-state index contributed by atoms with van der Waals surface area (Å²) in [5.41, 5.74) is 1.82. The van der Waals surface area contributed by atoms with Gasteiger partial charge < -0.3 is 15.0 Å². The molecule has 1 unspecified atom stereocenters. The second-order valence-corrected chi connectivity index (χ2v) is 9.00. The molecular formula is C22H25N3O5S. The van der Waals surface area contributed by atoms with Crippen molar-refractivity contribution in [2.45, 2.75) is 12.2 Å². The van der Waals surface area contributed by atoms with Crippen LogP contribution in [0.25, 0.3) is 0 Å². The van der Waals surface area contributed by atoms with Crippen LogP contribution in [-0.2, 0) is 25.4 Å². The fourth-order valence-electron chi connectivity index (χ4n) is 3.30. The van der Waals surface area contributed by atoms with Crippen LogP contribution < -0.4 is 19.7 Å². The third kappa shape index (κ3) is 5.93. The summed E-state index contributed by atoms with van der Waals surface area (Å²) in [6, 6.07) is 13.7. The normalized spacial score (nSPS) is 16.2. The fourth-order valence-corrected chi connectivity index (χ4v) is 4.40. The maximum Gasteiger partial charge on any atom is 0.229 e. The van der Waals surface area contributed by atoms with Gasteiger partial charge >= 0.3 is 0 Å². The number of amides is 2. The smallest absolute Gasteiger partial charge is 0.229 e. The van der Waals surface area contributed by atoms with Crippen molar-refractivity contribution in [3.8, 4) is 5.75 Å². The quantitative estimate of drug-likeness (QED) is 0.579. The predicted octanol–water partition coefficient (Wildman–Crippen LogP) is 2.29. The van der Waals surface area contributed by atoms with E-state index in [1.165, 1.54) is 6.08 Å². The molecule has 1 atom stereocenters. The van der Waals surface area contributed by atoms with Crippen molar-refractivity contribution >= 4 is 33.2 Å². The van der Waals surface area contributed by atoms with Gasteiger partial charge in [0.2, 0.25) is 21.8 Å². The maximum atomic E-state index is 12.7. The molecule has 0 aliphatic carbocycles. The Hall–Kier alpha value is -3.17. The van der Waals surface area contributed by atoms with Crippen LogP contribution in [0.1, 0.15) is 12.0 Å². The van der Waals surface area contributed by atoms with E-state index in [-0.39, 0.29) is 37.1 Å². The Morgan fingerprint density at radius 3 is 2.68 bits per heavy atom. The molecule has 0 saturated carbocycles. The number of carbonyl (C=O) groups is 2. The Bertz CT molecular complexity index is 1070. The molecule has 1 fully saturated rings. The molecule has 0 spiro atoms. The maximum absolute atomic E-state index is 12.7. The van der Waals surface area contributed by atoms with Gasteiger partial charge in [-0.1, -0.05) is 24.3 Å². The standard InChI is InChI=1S/C22H25N3O5S/c1-3-11-23-31(28,29)15-16-7-9-18(10-8-16)24-22(27)17-12-21(26)25(14-17)19-5-4-6-20(13-19)30-2/h3-10,13,17,23H,1,11-12,14-15H2,2H3,(H,24,27). The molecule has 31 heavy (non-hydrogen) atoms. The van der Waals surface area contributed by atoms with Crippen LogP contribution >= 0.6 is 0 Å². The van der Waals surface area contributed by atoms with E-state index in [0.717, 1.165) is 0 Å². The lowest BCUT2D eigenvalue weighted by Crippen LogP contribution is -2.28. The molecule has 1 aliphatic rings. The lowest BCUT2D eigenvalue weighted by atomic mass is 10.1. The van der Waals surface area contributed by atoms with Crippen LogP contribution in [0.15, 0.2) is 61.2 Å². The number of benzene rings is 2. The first kappa shape index (κ1) is 22.5. The van der Waals surface area contributed by atoms with Crippen molar-refractivity contribution in [3.63, 3.8) is 0 Å². The van der Waals surface area contributed by atoms with E-state index in [1.807, 2.05) is 0 Å². The van der Waals surface area contributed by atoms with E-state index in [9.17, 15) is 18.0 Å². The van der Waals surface area contributed by atoms with Crippen molar-refractivity contribution in [3.05, 3.63) is 66.7 Å². The zero-order valence-corrected chi connectivity index (χ0v) is 18.0. The first-order valence-corrected chi connectivity index (χ1v) is 11.4. The number of sulfonamides is 1. The first-order valence-electron chi connectivity index (χ1n) is 9.74. The Kier molecular flexibility index (Phi) is 7.09. The summed E-state index contributed by atoms with van der Waals surface area (Å²) in [5.74, 6) is -0.392. The van der Waals surface area contributed by atoms with Crippen LogP contribution in [0, 0.1) is 5.92 Å². The summed E-state index contributed by atoms with van der Waals surface area (Å²) in [6.45, 7) is 3.93. The molecule has 1 saturated heterocycles. The van der Waals surface area contributed by atoms with E-state index >= 15 is 0 Å². The highest BCUT2D eigenvalue weighted by molar-refractivity contribution is 7.88. The topological polar surface area (TPSA) is 105 Å². The van der Waals surface area contributed by atoms with Crippen molar-refractivity contribution in [1.29, 1.82) is 0 Å². The fraction of sp³-hybridized carbons (Fsp3) is 0.273. The summed E-state index contributed by atoms with van der Waals surface area (Å²) in [4.78, 5) is 26.7. The van der Waals surface area contributed by atoms with Gasteiger partial charge in [-0.05, 0) is 29.8 Å². The lowest BCUT2D eigenvalue weighted by molar-refractivity contribution is -0.122. The zero-order valence-electron chi connectivity index (χ0n) is 17.2. The summed E-state index contributed by atoms with van der Waals surface area (Å²) in [5, 5.41) is 2.80. The van der Waals surface area contributed by atoms with Crippen molar-refractivity contribution in [1.82, 2.24) is 4.72 Å². The number of ether oxygens (including phenoxy) is 1. The lowest BCUT2D eigenvalue weighted by Gasteiger charge is -2.17. The monoisotopic (exact) mass is 443 g/mol. The molecule has 3 rings (SSSR count). The number of anilines is 2. The van der Waals surface area contributed by atoms with Crippen LogP contribution in [-0.4, -0.2) is 40.4 Å². The minimum Gasteiger partial charge on any atom is -0.497 e. The minimum absolute atomic E-state index is 0.119. The van der Waals surface area contributed by atoms with Gasteiger partial charge in [0.15, 0.2) is 0 Å². The number of rotatable bonds is 9. The Labute approximate surface area is 181 Å². The van der Waals surface area contributed by atoms with Crippen molar-refractivity contribution in [2.24, 2.45) is 5.92 Å². The average molecular weight is 444 g/mol. The molecule has 2 N–H and O–H groups in total. The van der Waals surface area contributed by atoms with Gasteiger partial charge in [0, 0.05) is 37.0 Å². The molecule has 0 aromatic heterocycles. The third-order valence-corrected chi connectivity index (χ3v) is 6.21. The molecule has 164 valence electrons. The predicted molar refractivity (Wildman–Crippen MR) is 119 cm³/mol. The molecule has 9 heteroatoms. The van der Waals surface area contributed by atoms with Gasteiger partial charge in [0.1, 0.15) is 5.75 Å². The number of nitrogens with zero attached hydrogens (tertiary/aromatic N) is 1. The SMILES string of the molecule is C=CCNS(=O)(=O)Cc1ccc(NC(=O)C2CC(=O)N(c3cccc(OC)c3)C2)cc1. The molecule has 2 amide bonds. The average Bonchev–Trinajstić information content (AvgIpc) is 3.15. The Morgan fingerprint density at radius 1 is 1.26 bits per heavy atom. The first-order chi connectivity index (χ1) is 14.8. The zero-order chi connectivity index (χ0) is 22.4. The summed E-state index contributed by atoms with van der Waals surface area (Å²) < 4.78 is 31.5. The molecule has 8 nitrogen and oxygen atoms in total. The number of carbonyl (C=O) groups excluding carboxylic acids is 2. The highest BCUT2D eigenvalue weighted by Crippen LogP contribution is 2.28. The number of hydrogen-bond donors (Lipinski definition) is 2. The number of nitrogens with one attached hydrogen (secondary N) is 2. The van der Waals surface area contributed by atoms with Gasteiger partial charge in [-0.15, -0.1) is 6.58 Å². The third-order valence-electron chi connectivity index (χ3n) is 4.89. The van der Waals surface area contributed by atoms with Gasteiger partial charge in [-0.25, -0.2) is 13.1 Å². The molecule has 2 aromatic rings. The molecule has 0 radical (unpaired) electrons. The highest BCUT2D eigenvalue weighted by atomic mass is 32.2. The van der Waals surface area contributed by atoms with E-state index in [4.69, 9.17) is 4.74 Å². The molecule has 2 aromatic carbocycles. The van der Waals surface area contributed by atoms with Crippen molar-refractivity contribution < 1.29 is 22.7 Å². The van der Waals surface area contributed by atoms with E-state index in [0.29, 0.717) is 22.7 Å². The molecule has 1 aliphatic heterocycles. The largest absolute Gasteiger partial charge is 0.497 e. The van der Waals surface area contributed by atoms with E-state index < -0.39 is 15.9 Å². The summed E-state index contributed by atoms with van der Waals surface area (Å²) >= 11 is 0. The molecular weight excluding hydrogens is 418 g/mol. The van der Waals surface area contributed by atoms with Crippen LogP contribution in [0.5, 0.6) is 5.75 Å². The Morgan fingerprint density at radius 2 is 2.00 bits per heavy atom. The second-order valence-electron chi connectivity index (χ2n) is 7.19. The van der Waals surface area contributed by atoms with Gasteiger partial charge in [-0.2, -0.15) is 0 Å². The van der Waals surface area contributed by atoms with E-state index in [2.05, 4.69) is 16.6 Å². The van der Waals surface area contributed by atoms with Crippen LogP contribution in [0.4, 0.5) is 11.4 Å². The minimum atomic E-state index is -3.45. The van der Waals surface area contributed by atoms with Crippen LogP contribution in [0.2, 0.25) is 0 Å². The second kappa shape index (κ2) is 9.76. The molecule has 1 heterocycles. The van der Waals surface area contributed by atoms with Gasteiger partial charge in [0.05, 0.1) is 18.8 Å². The van der Waals surface area contributed by atoms with Crippen LogP contribution in [0.3, 0.4) is 0 Å². The summed E-state index contributed by atoms with van der Waals surface area (Å²) in [7, 11) is -1.89. The highest BCUT2D eigenvalue weighted by Gasteiger charge is 2.35. The Balaban J connectivity index is 1.60. The van der Waals surface area contributed by atoms with Gasteiger partial charge in [0.25, 0.3) is 0 Å². The number of hydrogen-bond acceptors (Lipinski definition) is 5. The van der Waals surface area contributed by atoms with Crippen molar-refractivity contribution in [2.75, 3.05) is 30.4 Å². The van der Waals surface area contributed by atoms with Gasteiger partial charge in [-0.3, -0.25) is 9.59 Å². The number of methoxy groups -OCH3 is 1.